The average Bonchev–Trinajstić information content (AvgIpc) is 2.47. The molecule has 3 nitrogen and oxygen atoms in total. The van der Waals surface area contributed by atoms with Gasteiger partial charge in [0.1, 0.15) is 6.42 Å². The molecule has 0 saturated heterocycles. The Labute approximate surface area is 102 Å². The molecular formula is C8H6Br2O3S. The van der Waals surface area contributed by atoms with Gasteiger partial charge in [0.2, 0.25) is 0 Å². The second-order valence-corrected chi connectivity index (χ2v) is 5.63. The Morgan fingerprint density at radius 2 is 2.14 bits per heavy atom. The zero-order valence-corrected chi connectivity index (χ0v) is 11.2. The maximum Gasteiger partial charge on any atom is 0.313 e. The third kappa shape index (κ3) is 2.90. The van der Waals surface area contributed by atoms with Crippen molar-refractivity contribution in [2.75, 3.05) is 7.11 Å². The van der Waals surface area contributed by atoms with Crippen LogP contribution in [0.25, 0.3) is 0 Å². The van der Waals surface area contributed by atoms with E-state index in [-0.39, 0.29) is 12.2 Å². The van der Waals surface area contributed by atoms with Gasteiger partial charge in [-0.2, -0.15) is 0 Å². The van der Waals surface area contributed by atoms with E-state index in [0.717, 1.165) is 8.26 Å². The van der Waals surface area contributed by atoms with Gasteiger partial charge in [0.25, 0.3) is 0 Å². The predicted octanol–water partition coefficient (Wildman–Crippen LogP) is 3.02. The lowest BCUT2D eigenvalue weighted by Crippen LogP contribution is -2.08. The highest BCUT2D eigenvalue weighted by Crippen LogP contribution is 2.32. The minimum absolute atomic E-state index is 0.212. The zero-order valence-electron chi connectivity index (χ0n) is 7.17. The Bertz CT molecular complexity index is 353. The quantitative estimate of drug-likeness (QED) is 0.482. The van der Waals surface area contributed by atoms with E-state index in [1.54, 1.807) is 6.07 Å². The van der Waals surface area contributed by atoms with Crippen LogP contribution in [0, 0.1) is 0 Å². The van der Waals surface area contributed by atoms with Gasteiger partial charge in [-0.15, -0.1) is 11.3 Å². The number of hydrogen-bond donors (Lipinski definition) is 0. The molecule has 1 aromatic heterocycles. The van der Waals surface area contributed by atoms with E-state index in [9.17, 15) is 9.59 Å². The van der Waals surface area contributed by atoms with Crippen molar-refractivity contribution in [3.05, 3.63) is 19.2 Å². The molecule has 0 saturated carbocycles. The normalized spacial score (nSPS) is 9.93. The van der Waals surface area contributed by atoms with Crippen LogP contribution in [0.4, 0.5) is 0 Å². The number of carbonyl (C=O) groups excluding carboxylic acids is 2. The molecule has 0 radical (unpaired) electrons. The molecule has 0 fully saturated rings. The fourth-order valence-corrected chi connectivity index (χ4v) is 2.75. The van der Waals surface area contributed by atoms with Gasteiger partial charge in [-0.25, -0.2) is 0 Å². The van der Waals surface area contributed by atoms with Gasteiger partial charge in [-0.3, -0.25) is 9.59 Å². The lowest BCUT2D eigenvalue weighted by Gasteiger charge is -1.95. The van der Waals surface area contributed by atoms with Crippen molar-refractivity contribution in [3.8, 4) is 0 Å². The van der Waals surface area contributed by atoms with E-state index < -0.39 is 5.97 Å². The monoisotopic (exact) mass is 340 g/mol. The van der Waals surface area contributed by atoms with E-state index in [1.165, 1.54) is 18.4 Å². The maximum absolute atomic E-state index is 11.4. The highest BCUT2D eigenvalue weighted by molar-refractivity contribution is 9.13. The molecule has 0 aliphatic rings. The summed E-state index contributed by atoms with van der Waals surface area (Å²) in [5.41, 5.74) is 0. The van der Waals surface area contributed by atoms with Crippen molar-refractivity contribution in [3.63, 3.8) is 0 Å². The number of halogens is 2. The fraction of sp³-hybridized carbons (Fsp3) is 0.250. The van der Waals surface area contributed by atoms with Crippen LogP contribution in [0.2, 0.25) is 0 Å². The van der Waals surface area contributed by atoms with E-state index >= 15 is 0 Å². The number of methoxy groups -OCH3 is 1. The molecule has 0 N–H and O–H groups in total. The van der Waals surface area contributed by atoms with Crippen molar-refractivity contribution in [2.24, 2.45) is 0 Å². The topological polar surface area (TPSA) is 43.4 Å². The second kappa shape index (κ2) is 5.04. The molecule has 14 heavy (non-hydrogen) atoms. The molecule has 0 aliphatic heterocycles. The molecule has 1 heterocycles. The van der Waals surface area contributed by atoms with Crippen molar-refractivity contribution in [1.29, 1.82) is 0 Å². The average molecular weight is 342 g/mol. The molecule has 1 rings (SSSR count). The molecule has 0 amide bonds. The largest absolute Gasteiger partial charge is 0.469 e. The lowest BCUT2D eigenvalue weighted by molar-refractivity contribution is -0.139. The molecule has 76 valence electrons. The van der Waals surface area contributed by atoms with Crippen LogP contribution in [0.5, 0.6) is 0 Å². The first kappa shape index (κ1) is 11.9. The SMILES string of the molecule is COC(=O)CC(=O)c1cc(Br)c(Br)s1. The van der Waals surface area contributed by atoms with Gasteiger partial charge in [-0.05, 0) is 37.9 Å². The number of carbonyl (C=O) groups is 2. The van der Waals surface area contributed by atoms with Crippen molar-refractivity contribution in [1.82, 2.24) is 0 Å². The number of Topliss-reactive ketones (excluding diaryl/α,β-unsaturated/α-hetero) is 1. The molecule has 0 bridgehead atoms. The highest BCUT2D eigenvalue weighted by Gasteiger charge is 2.15. The van der Waals surface area contributed by atoms with Crippen LogP contribution >= 0.6 is 43.2 Å². The van der Waals surface area contributed by atoms with E-state index in [2.05, 4.69) is 36.6 Å². The number of thiophene rings is 1. The van der Waals surface area contributed by atoms with Gasteiger partial charge < -0.3 is 4.74 Å². The fourth-order valence-electron chi connectivity index (χ4n) is 0.774. The molecule has 0 unspecified atom stereocenters. The summed E-state index contributed by atoms with van der Waals surface area (Å²) < 4.78 is 6.05. The number of hydrogen-bond acceptors (Lipinski definition) is 4. The van der Waals surface area contributed by atoms with Gasteiger partial charge in [-0.1, -0.05) is 0 Å². The summed E-state index contributed by atoms with van der Waals surface area (Å²) in [7, 11) is 1.26. The van der Waals surface area contributed by atoms with Crippen LogP contribution < -0.4 is 0 Å². The molecule has 0 aliphatic carbocycles. The third-order valence-electron chi connectivity index (χ3n) is 1.45. The van der Waals surface area contributed by atoms with Crippen LogP contribution in [-0.4, -0.2) is 18.9 Å². The number of ether oxygens (including phenoxy) is 1. The van der Waals surface area contributed by atoms with Gasteiger partial charge in [0, 0.05) is 4.47 Å². The number of esters is 1. The Morgan fingerprint density at radius 3 is 2.57 bits per heavy atom. The van der Waals surface area contributed by atoms with Gasteiger partial charge in [0.05, 0.1) is 15.8 Å². The van der Waals surface area contributed by atoms with Crippen molar-refractivity contribution in [2.45, 2.75) is 6.42 Å². The standard InChI is InChI=1S/C8H6Br2O3S/c1-13-7(12)3-5(11)6-2-4(9)8(10)14-6/h2H,3H2,1H3. The molecule has 0 spiro atoms. The van der Waals surface area contributed by atoms with E-state index in [4.69, 9.17) is 0 Å². The maximum atomic E-state index is 11.4. The van der Waals surface area contributed by atoms with Crippen LogP contribution in [0.15, 0.2) is 14.3 Å². The Morgan fingerprint density at radius 1 is 1.50 bits per heavy atom. The van der Waals surface area contributed by atoms with E-state index in [0.29, 0.717) is 4.88 Å². The zero-order chi connectivity index (χ0) is 10.7. The summed E-state index contributed by atoms with van der Waals surface area (Å²) in [5, 5.41) is 0. The first-order chi connectivity index (χ1) is 6.54. The predicted molar refractivity (Wildman–Crippen MR) is 60.7 cm³/mol. The molecule has 1 aromatic rings. The number of ketones is 1. The smallest absolute Gasteiger partial charge is 0.313 e. The van der Waals surface area contributed by atoms with Gasteiger partial charge >= 0.3 is 5.97 Å². The minimum Gasteiger partial charge on any atom is -0.469 e. The Balaban J connectivity index is 2.75. The second-order valence-electron chi connectivity index (χ2n) is 2.41. The van der Waals surface area contributed by atoms with E-state index in [1.807, 2.05) is 0 Å². The van der Waals surface area contributed by atoms with Crippen LogP contribution in [-0.2, 0) is 9.53 Å². The first-order valence-corrected chi connectivity index (χ1v) is 5.99. The molecule has 6 heteroatoms. The molecule has 0 atom stereocenters. The highest BCUT2D eigenvalue weighted by atomic mass is 79.9. The van der Waals surface area contributed by atoms with Crippen LogP contribution in [0.1, 0.15) is 16.1 Å². The van der Waals surface area contributed by atoms with Crippen LogP contribution in [0.3, 0.4) is 0 Å². The summed E-state index contributed by atoms with van der Waals surface area (Å²) in [4.78, 5) is 22.8. The van der Waals surface area contributed by atoms with Crippen molar-refractivity contribution >= 4 is 54.9 Å². The molecule has 0 aromatic carbocycles. The Kier molecular flexibility index (Phi) is 4.28. The lowest BCUT2D eigenvalue weighted by atomic mass is 10.2. The first-order valence-electron chi connectivity index (χ1n) is 3.59. The summed E-state index contributed by atoms with van der Waals surface area (Å²) in [6.45, 7) is 0. The third-order valence-corrected chi connectivity index (χ3v) is 4.75. The summed E-state index contributed by atoms with van der Waals surface area (Å²) in [5.74, 6) is -0.746. The number of rotatable bonds is 3. The molecular weight excluding hydrogens is 336 g/mol. The Hall–Kier alpha value is -0.200. The summed E-state index contributed by atoms with van der Waals surface area (Å²) in [6, 6.07) is 1.68. The summed E-state index contributed by atoms with van der Waals surface area (Å²) >= 11 is 7.82. The minimum atomic E-state index is -0.518. The summed E-state index contributed by atoms with van der Waals surface area (Å²) in [6.07, 6.45) is -0.212. The van der Waals surface area contributed by atoms with Gasteiger partial charge in [0.15, 0.2) is 5.78 Å². The van der Waals surface area contributed by atoms with Crippen molar-refractivity contribution < 1.29 is 14.3 Å².